The number of fused-ring (bicyclic) bond motifs is 1. The lowest BCUT2D eigenvalue weighted by Crippen LogP contribution is -2.28. The fourth-order valence-electron chi connectivity index (χ4n) is 3.77. The van der Waals surface area contributed by atoms with Gasteiger partial charge in [0.25, 0.3) is 0 Å². The molecule has 0 radical (unpaired) electrons. The van der Waals surface area contributed by atoms with Gasteiger partial charge in [0.05, 0.1) is 12.2 Å². The summed E-state index contributed by atoms with van der Waals surface area (Å²) < 4.78 is 52.2. The Labute approximate surface area is 231 Å². The second kappa shape index (κ2) is 12.6. The number of amides is 2. The van der Waals surface area contributed by atoms with Crippen molar-refractivity contribution in [2.75, 3.05) is 56.8 Å². The van der Waals surface area contributed by atoms with E-state index in [0.717, 1.165) is 6.07 Å². The van der Waals surface area contributed by atoms with Crippen molar-refractivity contribution in [3.8, 4) is 11.6 Å². The Balaban J connectivity index is 1.48. The average Bonchev–Trinajstić information content (AvgIpc) is 2.93. The number of aromatic nitrogens is 4. The molecule has 15 heteroatoms. The molecule has 2 amide bonds. The molecule has 0 unspecified atom stereocenters. The van der Waals surface area contributed by atoms with Crippen molar-refractivity contribution in [3.63, 3.8) is 0 Å². The normalized spacial score (nSPS) is 11.6. The lowest BCUT2D eigenvalue weighted by Gasteiger charge is -2.18. The van der Waals surface area contributed by atoms with E-state index >= 15 is 0 Å². The first-order chi connectivity index (χ1) is 19.6. The maximum absolute atomic E-state index is 13.3. The molecule has 0 atom stereocenters. The van der Waals surface area contributed by atoms with E-state index in [4.69, 9.17) is 15.2 Å². The van der Waals surface area contributed by atoms with Gasteiger partial charge in [-0.3, -0.25) is 4.79 Å². The SMILES string of the molecule is COCCN(C)CCOc1ncc(C(F)(F)F)cc1NC(=O)Nc1ccc(-n2ccc(=O)c3c(N)ncnc32)cc1. The summed E-state index contributed by atoms with van der Waals surface area (Å²) >= 11 is 0. The molecule has 0 aliphatic heterocycles. The fourth-order valence-corrected chi connectivity index (χ4v) is 3.77. The number of benzene rings is 1. The van der Waals surface area contributed by atoms with Crippen molar-refractivity contribution in [3.05, 3.63) is 70.9 Å². The van der Waals surface area contributed by atoms with Crippen LogP contribution in [-0.2, 0) is 10.9 Å². The van der Waals surface area contributed by atoms with Crippen LogP contribution >= 0.6 is 0 Å². The van der Waals surface area contributed by atoms with Gasteiger partial charge >= 0.3 is 12.2 Å². The largest absolute Gasteiger partial charge is 0.475 e. The van der Waals surface area contributed by atoms with E-state index in [9.17, 15) is 22.8 Å². The van der Waals surface area contributed by atoms with Gasteiger partial charge in [-0.25, -0.2) is 19.7 Å². The maximum atomic E-state index is 13.3. The highest BCUT2D eigenvalue weighted by atomic mass is 19.4. The Morgan fingerprint density at radius 1 is 1.07 bits per heavy atom. The van der Waals surface area contributed by atoms with E-state index in [1.54, 1.807) is 35.9 Å². The third-order valence-electron chi connectivity index (χ3n) is 5.93. The van der Waals surface area contributed by atoms with Crippen LogP contribution in [0.1, 0.15) is 5.56 Å². The monoisotopic (exact) mass is 572 g/mol. The highest BCUT2D eigenvalue weighted by molar-refractivity contribution is 6.00. The molecular formula is C26H27F3N8O4. The van der Waals surface area contributed by atoms with E-state index in [1.165, 1.54) is 18.6 Å². The number of ether oxygens (including phenoxy) is 2. The van der Waals surface area contributed by atoms with Crippen molar-refractivity contribution in [1.29, 1.82) is 0 Å². The number of anilines is 3. The molecule has 12 nitrogen and oxygen atoms in total. The van der Waals surface area contributed by atoms with Gasteiger partial charge < -0.3 is 35.3 Å². The summed E-state index contributed by atoms with van der Waals surface area (Å²) in [6, 6.07) is 7.73. The molecule has 4 N–H and O–H groups in total. The van der Waals surface area contributed by atoms with Gasteiger partial charge in [-0.1, -0.05) is 0 Å². The van der Waals surface area contributed by atoms with Gasteiger partial charge in [-0.15, -0.1) is 0 Å². The number of nitrogen functional groups attached to an aromatic ring is 1. The number of pyridine rings is 2. The van der Waals surface area contributed by atoms with Crippen molar-refractivity contribution >= 4 is 34.3 Å². The van der Waals surface area contributed by atoms with Gasteiger partial charge in [-0.05, 0) is 37.4 Å². The molecule has 0 aliphatic rings. The Morgan fingerprint density at radius 3 is 2.51 bits per heavy atom. The second-order valence-electron chi connectivity index (χ2n) is 8.85. The third-order valence-corrected chi connectivity index (χ3v) is 5.93. The van der Waals surface area contributed by atoms with Crippen molar-refractivity contribution in [2.24, 2.45) is 0 Å². The van der Waals surface area contributed by atoms with E-state index in [-0.39, 0.29) is 34.8 Å². The number of halogens is 3. The minimum Gasteiger partial charge on any atom is -0.475 e. The molecule has 0 aliphatic carbocycles. The molecule has 1 aromatic carbocycles. The molecule has 0 spiro atoms. The smallest absolute Gasteiger partial charge is 0.417 e. The first kappa shape index (κ1) is 29.2. The van der Waals surface area contributed by atoms with Gasteiger partial charge in [0, 0.05) is 50.0 Å². The van der Waals surface area contributed by atoms with E-state index in [1.807, 2.05) is 11.9 Å². The number of hydrogen-bond acceptors (Lipinski definition) is 9. The van der Waals surface area contributed by atoms with Crippen molar-refractivity contribution in [1.82, 2.24) is 24.4 Å². The summed E-state index contributed by atoms with van der Waals surface area (Å²) in [6.07, 6.45) is -1.25. The van der Waals surface area contributed by atoms with Gasteiger partial charge in [0.15, 0.2) is 11.1 Å². The quantitative estimate of drug-likeness (QED) is 0.260. The van der Waals surface area contributed by atoms with Crippen LogP contribution < -0.4 is 26.5 Å². The maximum Gasteiger partial charge on any atom is 0.417 e. The third kappa shape index (κ3) is 7.26. The van der Waals surface area contributed by atoms with Gasteiger partial charge in [0.1, 0.15) is 29.8 Å². The highest BCUT2D eigenvalue weighted by Gasteiger charge is 2.32. The molecule has 0 saturated carbocycles. The molecular weight excluding hydrogens is 545 g/mol. The van der Waals surface area contributed by atoms with Crippen molar-refractivity contribution < 1.29 is 27.4 Å². The van der Waals surface area contributed by atoms with E-state index < -0.39 is 17.8 Å². The second-order valence-corrected chi connectivity index (χ2v) is 8.85. The standard InChI is InChI=1S/C26H27F3N8O4/c1-36(9-11-40-2)10-12-41-24-19(13-16(14-31-24)26(27,28)29)35-25(39)34-17-3-5-18(6-4-17)37-8-7-20(38)21-22(30)32-15-33-23(21)37/h3-8,13-15H,9-12H2,1-2H3,(H2,30,32,33)(H2,34,35,39). The number of carbonyl (C=O) groups is 1. The van der Waals surface area contributed by atoms with Crippen LogP contribution in [0, 0.1) is 0 Å². The Hall–Kier alpha value is -4.76. The number of nitrogens with zero attached hydrogens (tertiary/aromatic N) is 5. The number of urea groups is 1. The van der Waals surface area contributed by atoms with Crippen LogP contribution in [0.25, 0.3) is 16.7 Å². The topological polar surface area (TPSA) is 150 Å². The summed E-state index contributed by atoms with van der Waals surface area (Å²) in [5.41, 5.74) is 5.48. The fraction of sp³-hybridized carbons (Fsp3) is 0.269. The van der Waals surface area contributed by atoms with Crippen LogP contribution in [0.3, 0.4) is 0 Å². The van der Waals surface area contributed by atoms with Crippen molar-refractivity contribution in [2.45, 2.75) is 6.18 Å². The zero-order chi connectivity index (χ0) is 29.6. The zero-order valence-electron chi connectivity index (χ0n) is 22.1. The minimum atomic E-state index is -4.67. The molecule has 0 bridgehead atoms. The van der Waals surface area contributed by atoms with E-state index in [0.29, 0.717) is 42.9 Å². The number of alkyl halides is 3. The van der Waals surface area contributed by atoms with E-state index in [2.05, 4.69) is 25.6 Å². The number of carbonyl (C=O) groups excluding carboxylic acids is 1. The number of likely N-dealkylation sites (N-methyl/N-ethyl adjacent to an activating group) is 1. The Kier molecular flexibility index (Phi) is 8.99. The molecule has 4 aromatic rings. The molecule has 4 rings (SSSR count). The van der Waals surface area contributed by atoms with Gasteiger partial charge in [-0.2, -0.15) is 13.2 Å². The molecule has 0 fully saturated rings. The summed E-state index contributed by atoms with van der Waals surface area (Å²) in [7, 11) is 3.41. The van der Waals surface area contributed by atoms with Crippen LogP contribution in [0.15, 0.2) is 59.9 Å². The van der Waals surface area contributed by atoms with Crippen LogP contribution in [0.4, 0.5) is 35.2 Å². The summed E-state index contributed by atoms with van der Waals surface area (Å²) in [5, 5.41) is 5.12. The average molecular weight is 573 g/mol. The first-order valence-electron chi connectivity index (χ1n) is 12.2. The number of hydrogen-bond donors (Lipinski definition) is 3. The molecule has 3 heterocycles. The van der Waals surface area contributed by atoms with Crippen LogP contribution in [0.5, 0.6) is 5.88 Å². The number of rotatable bonds is 10. The first-order valence-corrected chi connectivity index (χ1v) is 12.2. The summed E-state index contributed by atoms with van der Waals surface area (Å²) in [5.74, 6) is -0.107. The minimum absolute atomic E-state index is 0.0508. The number of methoxy groups -OCH3 is 1. The predicted molar refractivity (Wildman–Crippen MR) is 146 cm³/mol. The molecule has 41 heavy (non-hydrogen) atoms. The lowest BCUT2D eigenvalue weighted by atomic mass is 10.2. The summed E-state index contributed by atoms with van der Waals surface area (Å²) in [4.78, 5) is 38.7. The molecule has 216 valence electrons. The highest BCUT2D eigenvalue weighted by Crippen LogP contribution is 2.33. The zero-order valence-corrected chi connectivity index (χ0v) is 22.1. The lowest BCUT2D eigenvalue weighted by molar-refractivity contribution is -0.137. The molecule has 3 aromatic heterocycles. The number of nitrogens with one attached hydrogen (secondary N) is 2. The van der Waals surface area contributed by atoms with Crippen LogP contribution in [-0.4, -0.2) is 70.9 Å². The Bertz CT molecular complexity index is 1580. The van der Waals surface area contributed by atoms with Crippen LogP contribution in [0.2, 0.25) is 0 Å². The Morgan fingerprint density at radius 2 is 1.80 bits per heavy atom. The number of nitrogens with two attached hydrogens (primary N) is 1. The predicted octanol–water partition coefficient (Wildman–Crippen LogP) is 3.38. The molecule has 0 saturated heterocycles. The van der Waals surface area contributed by atoms with Gasteiger partial charge in [0.2, 0.25) is 5.88 Å². The summed E-state index contributed by atoms with van der Waals surface area (Å²) in [6.45, 7) is 1.71.